The van der Waals surface area contributed by atoms with Crippen molar-refractivity contribution in [1.82, 2.24) is 4.98 Å². The zero-order chi connectivity index (χ0) is 14.9. The predicted molar refractivity (Wildman–Crippen MR) is 80.1 cm³/mol. The van der Waals surface area contributed by atoms with Gasteiger partial charge >= 0.3 is 0 Å². The Bertz CT molecular complexity index is 620. The second-order valence-electron chi connectivity index (χ2n) is 5.44. The second-order valence-corrected chi connectivity index (χ2v) is 5.44. The van der Waals surface area contributed by atoms with E-state index in [4.69, 9.17) is 5.73 Å². The third kappa shape index (κ3) is 2.46. The van der Waals surface area contributed by atoms with Crippen molar-refractivity contribution in [3.05, 3.63) is 64.2 Å². The molecular formula is C17H21FN2. The lowest BCUT2D eigenvalue weighted by Gasteiger charge is -2.30. The van der Waals surface area contributed by atoms with Crippen LogP contribution in [0.25, 0.3) is 0 Å². The molecule has 2 nitrogen and oxygen atoms in total. The average Bonchev–Trinajstić information content (AvgIpc) is 2.43. The number of aryl methyl sites for hydroxylation is 3. The molecular weight excluding hydrogens is 251 g/mol. The highest BCUT2D eigenvalue weighted by Gasteiger charge is 2.31. The Hall–Kier alpha value is -1.74. The number of aromatic nitrogens is 1. The number of nitrogens with two attached hydrogens (primary N) is 1. The van der Waals surface area contributed by atoms with E-state index in [-0.39, 0.29) is 5.82 Å². The highest BCUT2D eigenvalue weighted by Crippen LogP contribution is 2.32. The van der Waals surface area contributed by atoms with E-state index in [9.17, 15) is 4.39 Å². The van der Waals surface area contributed by atoms with Crippen LogP contribution in [0.3, 0.4) is 0 Å². The standard InChI is InChI=1S/C17H21FN2/c1-5-17(19,16-7-6-14(18)10-20-16)15-9-12(3)11(2)8-13(15)4/h6-10H,5,19H2,1-4H3. The second kappa shape index (κ2) is 5.33. The molecule has 0 radical (unpaired) electrons. The van der Waals surface area contributed by atoms with Gasteiger partial charge in [-0.2, -0.15) is 0 Å². The van der Waals surface area contributed by atoms with E-state index in [0.717, 1.165) is 11.1 Å². The van der Waals surface area contributed by atoms with Crippen LogP contribution in [0.5, 0.6) is 0 Å². The molecule has 2 rings (SSSR count). The Balaban J connectivity index is 2.61. The molecule has 3 heteroatoms. The Morgan fingerprint density at radius 1 is 1.10 bits per heavy atom. The summed E-state index contributed by atoms with van der Waals surface area (Å²) in [5.74, 6) is -0.344. The molecule has 0 aliphatic carbocycles. The lowest BCUT2D eigenvalue weighted by molar-refractivity contribution is 0.495. The minimum absolute atomic E-state index is 0.344. The Labute approximate surface area is 119 Å². The van der Waals surface area contributed by atoms with Crippen LogP contribution in [0.1, 0.15) is 41.3 Å². The van der Waals surface area contributed by atoms with Crippen LogP contribution < -0.4 is 5.73 Å². The summed E-state index contributed by atoms with van der Waals surface area (Å²) in [7, 11) is 0. The van der Waals surface area contributed by atoms with Crippen molar-refractivity contribution in [2.45, 2.75) is 39.7 Å². The summed E-state index contributed by atoms with van der Waals surface area (Å²) in [6.07, 6.45) is 1.93. The largest absolute Gasteiger partial charge is 0.316 e. The van der Waals surface area contributed by atoms with Gasteiger partial charge < -0.3 is 5.73 Å². The number of rotatable bonds is 3. The smallest absolute Gasteiger partial charge is 0.141 e. The molecule has 1 aromatic heterocycles. The molecule has 1 heterocycles. The van der Waals surface area contributed by atoms with E-state index in [1.807, 2.05) is 6.92 Å². The molecule has 0 saturated heterocycles. The van der Waals surface area contributed by atoms with E-state index in [2.05, 4.69) is 37.9 Å². The molecule has 0 aliphatic rings. The lowest BCUT2D eigenvalue weighted by atomic mass is 9.81. The van der Waals surface area contributed by atoms with E-state index >= 15 is 0 Å². The monoisotopic (exact) mass is 272 g/mol. The van der Waals surface area contributed by atoms with E-state index in [0.29, 0.717) is 12.1 Å². The fourth-order valence-electron chi connectivity index (χ4n) is 2.59. The first-order chi connectivity index (χ1) is 9.38. The summed E-state index contributed by atoms with van der Waals surface area (Å²) >= 11 is 0. The van der Waals surface area contributed by atoms with Crippen LogP contribution in [0.2, 0.25) is 0 Å². The van der Waals surface area contributed by atoms with E-state index < -0.39 is 5.54 Å². The van der Waals surface area contributed by atoms with Gasteiger partial charge in [-0.1, -0.05) is 19.1 Å². The predicted octanol–water partition coefficient (Wildman–Crippen LogP) is 3.76. The quantitative estimate of drug-likeness (QED) is 0.924. The van der Waals surface area contributed by atoms with E-state index in [1.54, 1.807) is 6.07 Å². The number of pyridine rings is 1. The summed E-state index contributed by atoms with van der Waals surface area (Å²) in [6.45, 7) is 8.25. The Kier molecular flexibility index (Phi) is 3.91. The van der Waals surface area contributed by atoms with Gasteiger partial charge in [0.15, 0.2) is 0 Å². The van der Waals surface area contributed by atoms with Crippen LogP contribution in [0.15, 0.2) is 30.5 Å². The van der Waals surface area contributed by atoms with Crippen molar-refractivity contribution in [3.63, 3.8) is 0 Å². The summed E-state index contributed by atoms with van der Waals surface area (Å²) in [6, 6.07) is 7.36. The first kappa shape index (κ1) is 14.7. The Morgan fingerprint density at radius 2 is 1.75 bits per heavy atom. The van der Waals surface area contributed by atoms with Crippen molar-refractivity contribution in [2.75, 3.05) is 0 Å². The minimum Gasteiger partial charge on any atom is -0.316 e. The average molecular weight is 272 g/mol. The molecule has 1 atom stereocenters. The summed E-state index contributed by atoms with van der Waals surface area (Å²) in [5.41, 5.74) is 11.3. The van der Waals surface area contributed by atoms with Gasteiger partial charge in [0.05, 0.1) is 17.4 Å². The van der Waals surface area contributed by atoms with Crippen LogP contribution in [0.4, 0.5) is 4.39 Å². The fraction of sp³-hybridized carbons (Fsp3) is 0.353. The number of benzene rings is 1. The first-order valence-corrected chi connectivity index (χ1v) is 6.87. The third-order valence-electron chi connectivity index (χ3n) is 4.06. The molecule has 0 amide bonds. The molecule has 106 valence electrons. The topological polar surface area (TPSA) is 38.9 Å². The van der Waals surface area contributed by atoms with Crippen molar-refractivity contribution in [2.24, 2.45) is 5.73 Å². The molecule has 0 saturated carbocycles. The molecule has 0 aliphatic heterocycles. The van der Waals surface area contributed by atoms with Gasteiger partial charge in [-0.3, -0.25) is 4.98 Å². The third-order valence-corrected chi connectivity index (χ3v) is 4.06. The maximum absolute atomic E-state index is 13.1. The van der Waals surface area contributed by atoms with Crippen LogP contribution in [-0.2, 0) is 5.54 Å². The van der Waals surface area contributed by atoms with Gasteiger partial charge in [-0.05, 0) is 61.6 Å². The molecule has 2 aromatic rings. The normalized spacial score (nSPS) is 14.1. The number of hydrogen-bond acceptors (Lipinski definition) is 2. The van der Waals surface area contributed by atoms with Gasteiger partial charge in [-0.25, -0.2) is 4.39 Å². The molecule has 0 spiro atoms. The van der Waals surface area contributed by atoms with Gasteiger partial charge in [0.25, 0.3) is 0 Å². The highest BCUT2D eigenvalue weighted by atomic mass is 19.1. The van der Waals surface area contributed by atoms with Gasteiger partial charge in [0.2, 0.25) is 0 Å². The van der Waals surface area contributed by atoms with Crippen molar-refractivity contribution in [1.29, 1.82) is 0 Å². The summed E-state index contributed by atoms with van der Waals surface area (Å²) in [4.78, 5) is 4.19. The number of halogens is 1. The number of nitrogens with zero attached hydrogens (tertiary/aromatic N) is 1. The van der Waals surface area contributed by atoms with Crippen molar-refractivity contribution >= 4 is 0 Å². The number of hydrogen-bond donors (Lipinski definition) is 1. The molecule has 20 heavy (non-hydrogen) atoms. The SMILES string of the molecule is CCC(N)(c1ccc(F)cn1)c1cc(C)c(C)cc1C. The maximum Gasteiger partial charge on any atom is 0.141 e. The summed E-state index contributed by atoms with van der Waals surface area (Å²) < 4.78 is 13.1. The molecule has 0 bridgehead atoms. The van der Waals surface area contributed by atoms with Gasteiger partial charge in [-0.15, -0.1) is 0 Å². The minimum atomic E-state index is -0.684. The van der Waals surface area contributed by atoms with E-state index in [1.165, 1.54) is 23.4 Å². The van der Waals surface area contributed by atoms with Crippen LogP contribution in [0, 0.1) is 26.6 Å². The Morgan fingerprint density at radius 3 is 2.30 bits per heavy atom. The van der Waals surface area contributed by atoms with Crippen LogP contribution >= 0.6 is 0 Å². The van der Waals surface area contributed by atoms with Crippen molar-refractivity contribution < 1.29 is 4.39 Å². The lowest BCUT2D eigenvalue weighted by Crippen LogP contribution is -2.39. The van der Waals surface area contributed by atoms with Gasteiger partial charge in [0.1, 0.15) is 5.82 Å². The van der Waals surface area contributed by atoms with Gasteiger partial charge in [0, 0.05) is 0 Å². The summed E-state index contributed by atoms with van der Waals surface area (Å²) in [5, 5.41) is 0. The van der Waals surface area contributed by atoms with Crippen molar-refractivity contribution in [3.8, 4) is 0 Å². The molecule has 1 aromatic carbocycles. The maximum atomic E-state index is 13.1. The fourth-order valence-corrected chi connectivity index (χ4v) is 2.59. The van der Waals surface area contributed by atoms with Crippen LogP contribution in [-0.4, -0.2) is 4.98 Å². The molecule has 0 fully saturated rings. The zero-order valence-electron chi connectivity index (χ0n) is 12.5. The highest BCUT2D eigenvalue weighted by molar-refractivity contribution is 5.44. The zero-order valence-corrected chi connectivity index (χ0v) is 12.5. The first-order valence-electron chi connectivity index (χ1n) is 6.87. The molecule has 1 unspecified atom stereocenters. The molecule has 2 N–H and O–H groups in total.